The third-order valence-electron chi connectivity index (χ3n) is 6.15. The normalized spacial score (nSPS) is 19.4. The van der Waals surface area contributed by atoms with Crippen LogP contribution in [0.15, 0.2) is 90.3 Å². The predicted octanol–water partition coefficient (Wildman–Crippen LogP) is 4.56. The van der Waals surface area contributed by atoms with Gasteiger partial charge in [-0.15, -0.1) is 0 Å². The van der Waals surface area contributed by atoms with Crippen LogP contribution in [0.1, 0.15) is 51.4 Å². The van der Waals surface area contributed by atoms with Crippen LogP contribution in [0.3, 0.4) is 0 Å². The van der Waals surface area contributed by atoms with Crippen LogP contribution in [0, 0.1) is 0 Å². The summed E-state index contributed by atoms with van der Waals surface area (Å²) in [4.78, 5) is 16.5. The van der Waals surface area contributed by atoms with Crippen molar-refractivity contribution in [2.24, 2.45) is 0 Å². The Kier molecular flexibility index (Phi) is 8.27. The van der Waals surface area contributed by atoms with E-state index in [-0.39, 0.29) is 24.7 Å². The molecule has 3 unspecified atom stereocenters. The lowest BCUT2D eigenvalue weighted by Crippen LogP contribution is -2.31. The van der Waals surface area contributed by atoms with E-state index >= 15 is 0 Å². The zero-order valence-corrected chi connectivity index (χ0v) is 20.9. The molecule has 1 aliphatic heterocycles. The molecule has 1 aliphatic rings. The minimum atomic E-state index is -0.537. The number of nitrogens with one attached hydrogen (secondary N) is 2. The van der Waals surface area contributed by atoms with E-state index in [1.54, 1.807) is 23.9 Å². The Bertz CT molecular complexity index is 1270. The Hall–Kier alpha value is -3.50. The topological polar surface area (TPSA) is 109 Å². The molecule has 5 rings (SSSR count). The van der Waals surface area contributed by atoms with Crippen LogP contribution in [-0.2, 0) is 22.6 Å². The highest BCUT2D eigenvalue weighted by molar-refractivity contribution is 7.99. The van der Waals surface area contributed by atoms with Gasteiger partial charge in [0.25, 0.3) is 5.91 Å². The number of aliphatic hydroxyl groups is 1. The van der Waals surface area contributed by atoms with Crippen molar-refractivity contribution in [3.63, 3.8) is 0 Å². The zero-order valence-electron chi connectivity index (χ0n) is 20.1. The van der Waals surface area contributed by atoms with Crippen molar-refractivity contribution in [3.05, 3.63) is 113 Å². The fourth-order valence-corrected chi connectivity index (χ4v) is 4.92. The number of aromatic nitrogens is 3. The second-order valence-electron chi connectivity index (χ2n) is 8.74. The van der Waals surface area contributed by atoms with Crippen molar-refractivity contribution in [2.45, 2.75) is 43.2 Å². The summed E-state index contributed by atoms with van der Waals surface area (Å²) in [6.45, 7) is 0.433. The van der Waals surface area contributed by atoms with Crippen molar-refractivity contribution in [1.29, 1.82) is 0 Å². The average Bonchev–Trinajstić information content (AvgIpc) is 3.49. The largest absolute Gasteiger partial charge is 0.392 e. The van der Waals surface area contributed by atoms with Crippen molar-refractivity contribution in [1.82, 2.24) is 20.5 Å². The summed E-state index contributed by atoms with van der Waals surface area (Å²) in [7, 11) is 0. The highest BCUT2D eigenvalue weighted by Gasteiger charge is 2.32. The Balaban J connectivity index is 1.26. The van der Waals surface area contributed by atoms with Crippen LogP contribution < -0.4 is 5.32 Å². The summed E-state index contributed by atoms with van der Waals surface area (Å²) in [5.74, 6) is 0.593. The van der Waals surface area contributed by atoms with Crippen LogP contribution in [0.25, 0.3) is 0 Å². The Morgan fingerprint density at radius 1 is 0.973 bits per heavy atom. The van der Waals surface area contributed by atoms with E-state index in [0.717, 1.165) is 27.4 Å². The number of benzene rings is 3. The molecule has 1 amide bonds. The van der Waals surface area contributed by atoms with E-state index in [9.17, 15) is 9.90 Å². The molecule has 4 aromatic rings. The lowest BCUT2D eigenvalue weighted by Gasteiger charge is -2.36. The van der Waals surface area contributed by atoms with E-state index in [4.69, 9.17) is 9.47 Å². The first-order valence-electron chi connectivity index (χ1n) is 12.1. The molecule has 3 N–H and O–H groups in total. The molecule has 8 nitrogen and oxygen atoms in total. The summed E-state index contributed by atoms with van der Waals surface area (Å²) in [6, 6.07) is 24.9. The van der Waals surface area contributed by atoms with Gasteiger partial charge in [-0.2, -0.15) is 5.10 Å². The molecule has 2 heterocycles. The lowest BCUT2D eigenvalue weighted by atomic mass is 10.0. The number of rotatable bonds is 9. The number of aliphatic hydroxyl groups excluding tert-OH is 1. The second-order valence-corrected chi connectivity index (χ2v) is 9.75. The summed E-state index contributed by atoms with van der Waals surface area (Å²) >= 11 is 1.56. The van der Waals surface area contributed by atoms with Crippen molar-refractivity contribution < 1.29 is 19.4 Å². The molecule has 1 saturated heterocycles. The molecule has 0 spiro atoms. The SMILES string of the molecule is O=C(NCc1ccc(C2OC(CSc3ncn[nH]3)CC(c3ccc(CO)cc3)O2)cc1)c1ccccc1. The first-order valence-corrected chi connectivity index (χ1v) is 13.1. The van der Waals surface area contributed by atoms with Gasteiger partial charge >= 0.3 is 0 Å². The zero-order chi connectivity index (χ0) is 25.5. The van der Waals surface area contributed by atoms with E-state index in [1.807, 2.05) is 66.7 Å². The summed E-state index contributed by atoms with van der Waals surface area (Å²) < 4.78 is 12.7. The van der Waals surface area contributed by atoms with Gasteiger partial charge in [0.05, 0.1) is 18.8 Å². The van der Waals surface area contributed by atoms with Crippen LogP contribution in [0.5, 0.6) is 0 Å². The molecule has 0 aliphatic carbocycles. The molecule has 1 fully saturated rings. The van der Waals surface area contributed by atoms with Crippen LogP contribution >= 0.6 is 11.8 Å². The van der Waals surface area contributed by atoms with Gasteiger partial charge in [0.1, 0.15) is 6.33 Å². The van der Waals surface area contributed by atoms with Crippen LogP contribution in [0.2, 0.25) is 0 Å². The predicted molar refractivity (Wildman–Crippen MR) is 140 cm³/mol. The molecule has 0 bridgehead atoms. The maximum absolute atomic E-state index is 12.3. The molecule has 190 valence electrons. The summed E-state index contributed by atoms with van der Waals surface area (Å²) in [6.07, 6.45) is 1.42. The highest BCUT2D eigenvalue weighted by atomic mass is 32.2. The van der Waals surface area contributed by atoms with Gasteiger partial charge in [-0.1, -0.05) is 78.5 Å². The number of H-pyrrole nitrogens is 1. The number of aromatic amines is 1. The monoisotopic (exact) mass is 516 g/mol. The summed E-state index contributed by atoms with van der Waals surface area (Å²) in [5.41, 5.74) is 4.43. The van der Waals surface area contributed by atoms with Gasteiger partial charge in [-0.3, -0.25) is 9.89 Å². The Morgan fingerprint density at radius 3 is 2.41 bits per heavy atom. The number of hydrogen-bond donors (Lipinski definition) is 3. The molecule has 9 heteroatoms. The fourth-order valence-electron chi connectivity index (χ4n) is 4.12. The molecule has 1 aromatic heterocycles. The minimum Gasteiger partial charge on any atom is -0.392 e. The standard InChI is InChI=1S/C28H28N4O4S/c33-16-20-8-10-21(11-9-20)25-14-24(17-37-28-30-18-31-32-28)35-27(36-25)23-12-6-19(7-13-23)15-29-26(34)22-4-2-1-3-5-22/h1-13,18,24-25,27,33H,14-17H2,(H,29,34)(H,30,31,32). The number of ether oxygens (including phenoxy) is 2. The Morgan fingerprint density at radius 2 is 1.70 bits per heavy atom. The van der Waals surface area contributed by atoms with Crippen LogP contribution in [0.4, 0.5) is 0 Å². The van der Waals surface area contributed by atoms with Gasteiger partial charge < -0.3 is 19.9 Å². The van der Waals surface area contributed by atoms with E-state index in [0.29, 0.717) is 24.3 Å². The lowest BCUT2D eigenvalue weighted by molar-refractivity contribution is -0.245. The van der Waals surface area contributed by atoms with Gasteiger partial charge in [-0.25, -0.2) is 4.98 Å². The third kappa shape index (κ3) is 6.64. The number of carbonyl (C=O) groups excluding carboxylic acids is 1. The Labute approximate surface area is 219 Å². The fraction of sp³-hybridized carbons (Fsp3) is 0.250. The van der Waals surface area contributed by atoms with Crippen molar-refractivity contribution in [3.8, 4) is 0 Å². The average molecular weight is 517 g/mol. The van der Waals surface area contributed by atoms with Crippen molar-refractivity contribution >= 4 is 17.7 Å². The van der Waals surface area contributed by atoms with E-state index < -0.39 is 6.29 Å². The minimum absolute atomic E-state index is 0.00609. The highest BCUT2D eigenvalue weighted by Crippen LogP contribution is 2.39. The third-order valence-corrected chi connectivity index (χ3v) is 7.16. The number of thioether (sulfide) groups is 1. The van der Waals surface area contributed by atoms with Gasteiger partial charge in [-0.05, 0) is 28.8 Å². The number of carbonyl (C=O) groups is 1. The molecular formula is C28H28N4O4S. The van der Waals surface area contributed by atoms with Gasteiger partial charge in [0.15, 0.2) is 11.4 Å². The van der Waals surface area contributed by atoms with E-state index in [1.165, 1.54) is 6.33 Å². The van der Waals surface area contributed by atoms with Crippen molar-refractivity contribution in [2.75, 3.05) is 5.75 Å². The second kappa shape index (κ2) is 12.2. The smallest absolute Gasteiger partial charge is 0.251 e. The molecule has 0 saturated carbocycles. The van der Waals surface area contributed by atoms with Gasteiger partial charge in [0, 0.05) is 29.8 Å². The number of amides is 1. The first kappa shape index (κ1) is 25.2. The van der Waals surface area contributed by atoms with Crippen LogP contribution in [-0.4, -0.2) is 38.1 Å². The molecule has 0 radical (unpaired) electrons. The molecule has 3 atom stereocenters. The number of nitrogens with zero attached hydrogens (tertiary/aromatic N) is 2. The summed E-state index contributed by atoms with van der Waals surface area (Å²) in [5, 5.41) is 19.9. The quantitative estimate of drug-likeness (QED) is 0.280. The first-order chi connectivity index (χ1) is 18.2. The maximum Gasteiger partial charge on any atom is 0.251 e. The molecule has 3 aromatic carbocycles. The molecular weight excluding hydrogens is 488 g/mol. The number of hydrogen-bond acceptors (Lipinski definition) is 7. The van der Waals surface area contributed by atoms with Gasteiger partial charge in [0.2, 0.25) is 0 Å². The molecule has 37 heavy (non-hydrogen) atoms. The maximum atomic E-state index is 12.3. The van der Waals surface area contributed by atoms with E-state index in [2.05, 4.69) is 20.5 Å².